The van der Waals surface area contributed by atoms with Gasteiger partial charge in [-0.2, -0.15) is 0 Å². The van der Waals surface area contributed by atoms with Crippen LogP contribution in [0.15, 0.2) is 46.8 Å². The van der Waals surface area contributed by atoms with Crippen LogP contribution in [0.4, 0.5) is 0 Å². The predicted molar refractivity (Wildman–Crippen MR) is 87.8 cm³/mol. The summed E-state index contributed by atoms with van der Waals surface area (Å²) >= 11 is 0. The van der Waals surface area contributed by atoms with Crippen LogP contribution in [0.25, 0.3) is 0 Å². The van der Waals surface area contributed by atoms with E-state index in [1.54, 1.807) is 0 Å². The highest BCUT2D eigenvalue weighted by atomic mass is 28.2. The zero-order valence-electron chi connectivity index (χ0n) is 12.7. The molecule has 1 rings (SSSR count). The number of hydrogen-bond donors (Lipinski definition) is 0. The molecule has 0 amide bonds. The van der Waals surface area contributed by atoms with Gasteiger partial charge in [0.2, 0.25) is 0 Å². The van der Waals surface area contributed by atoms with E-state index in [0.29, 0.717) is 31.5 Å². The molecular weight excluding hydrogens is 280 g/mol. The Labute approximate surface area is 127 Å². The summed E-state index contributed by atoms with van der Waals surface area (Å²) in [5.41, 5.74) is 0. The summed E-state index contributed by atoms with van der Waals surface area (Å²) in [4.78, 5) is 0. The Morgan fingerprint density at radius 2 is 1.30 bits per heavy atom. The molecule has 1 aromatic rings. The molecular formula is C16H22O2Si2. The summed E-state index contributed by atoms with van der Waals surface area (Å²) in [6.07, 6.45) is 5.69. The minimum absolute atomic E-state index is 0.702. The molecule has 0 fully saturated rings. The van der Waals surface area contributed by atoms with Crippen molar-refractivity contribution in [2.75, 3.05) is 12.5 Å². The zero-order valence-corrected chi connectivity index (χ0v) is 14.7. The van der Waals surface area contributed by atoms with Crippen LogP contribution in [0, 0.1) is 0 Å². The molecule has 0 saturated heterocycles. The molecule has 0 unspecified atom stereocenters. The van der Waals surface area contributed by atoms with Crippen LogP contribution in [0.2, 0.25) is 0 Å². The standard InChI is InChI=1S/C16H22O2Si2/c1-5-13(3)19-11-17-15-9-7-8-10-16(15)18-12-20-14(4)6-2/h5-10H,11-12H2,1-4H3. The van der Waals surface area contributed by atoms with Crippen LogP contribution < -0.4 is 9.47 Å². The van der Waals surface area contributed by atoms with Gasteiger partial charge in [0, 0.05) is 0 Å². The molecule has 2 nitrogen and oxygen atoms in total. The maximum atomic E-state index is 5.83. The van der Waals surface area contributed by atoms with Gasteiger partial charge in [-0.25, -0.2) is 0 Å². The largest absolute Gasteiger partial charge is 0.493 e. The molecule has 20 heavy (non-hydrogen) atoms. The minimum atomic E-state index is 0.702. The smallest absolute Gasteiger partial charge is 0.160 e. The molecule has 0 aliphatic heterocycles. The van der Waals surface area contributed by atoms with Gasteiger partial charge in [0.25, 0.3) is 0 Å². The molecule has 0 saturated carbocycles. The molecule has 0 aliphatic carbocycles. The number of rotatable bonds is 8. The minimum Gasteiger partial charge on any atom is -0.493 e. The van der Waals surface area contributed by atoms with Gasteiger partial charge in [-0.15, -0.1) is 0 Å². The normalized spacial score (nSPS) is 12.4. The van der Waals surface area contributed by atoms with Gasteiger partial charge in [0.1, 0.15) is 19.0 Å². The maximum Gasteiger partial charge on any atom is 0.160 e. The van der Waals surface area contributed by atoms with Gasteiger partial charge in [-0.1, -0.05) is 34.7 Å². The highest BCUT2D eigenvalue weighted by molar-refractivity contribution is 6.45. The summed E-state index contributed by atoms with van der Waals surface area (Å²) in [5.74, 6) is 1.68. The first-order valence-electron chi connectivity index (χ1n) is 6.75. The Morgan fingerprint density at radius 3 is 1.65 bits per heavy atom. The van der Waals surface area contributed by atoms with Gasteiger partial charge in [-0.05, 0) is 39.8 Å². The predicted octanol–water partition coefficient (Wildman–Crippen LogP) is 3.62. The summed E-state index contributed by atoms with van der Waals surface area (Å²) in [5, 5.41) is 2.74. The van der Waals surface area contributed by atoms with E-state index in [2.05, 4.69) is 39.8 Å². The molecule has 0 atom stereocenters. The molecule has 0 spiro atoms. The second kappa shape index (κ2) is 9.61. The molecule has 0 aliphatic rings. The average molecular weight is 303 g/mol. The van der Waals surface area contributed by atoms with E-state index in [0.717, 1.165) is 11.5 Å². The first-order valence-corrected chi connectivity index (χ1v) is 9.17. The first kappa shape index (κ1) is 16.8. The Balaban J connectivity index is 2.50. The monoisotopic (exact) mass is 302 g/mol. The lowest BCUT2D eigenvalue weighted by molar-refractivity contribution is 0.328. The molecule has 0 bridgehead atoms. The Kier molecular flexibility index (Phi) is 8.06. The van der Waals surface area contributed by atoms with Crippen LogP contribution in [-0.4, -0.2) is 31.5 Å². The van der Waals surface area contributed by atoms with Gasteiger partial charge >= 0.3 is 0 Å². The Morgan fingerprint density at radius 1 is 0.900 bits per heavy atom. The fourth-order valence-electron chi connectivity index (χ4n) is 1.35. The summed E-state index contributed by atoms with van der Waals surface area (Å²) < 4.78 is 11.7. The first-order chi connectivity index (χ1) is 9.67. The van der Waals surface area contributed by atoms with Gasteiger partial charge < -0.3 is 9.47 Å². The highest BCUT2D eigenvalue weighted by Gasteiger charge is 2.04. The third kappa shape index (κ3) is 6.26. The summed E-state index contributed by atoms with van der Waals surface area (Å²) in [6.45, 7) is 8.38. The fourth-order valence-corrected chi connectivity index (χ4v) is 2.67. The van der Waals surface area contributed by atoms with Crippen molar-refractivity contribution in [1.29, 1.82) is 0 Å². The van der Waals surface area contributed by atoms with Crippen LogP contribution in [0.3, 0.4) is 0 Å². The highest BCUT2D eigenvalue weighted by Crippen LogP contribution is 2.26. The number of allylic oxidation sites excluding steroid dienone is 4. The molecule has 4 heteroatoms. The Bertz CT molecular complexity index is 424. The molecule has 4 radical (unpaired) electrons. The van der Waals surface area contributed by atoms with Crippen molar-refractivity contribution in [1.82, 2.24) is 0 Å². The topological polar surface area (TPSA) is 18.5 Å². The molecule has 1 aromatic carbocycles. The molecule has 0 N–H and O–H groups in total. The van der Waals surface area contributed by atoms with Gasteiger partial charge in [0.05, 0.1) is 12.5 Å². The zero-order chi connectivity index (χ0) is 14.8. The molecule has 0 heterocycles. The maximum absolute atomic E-state index is 5.83. The number of ether oxygens (including phenoxy) is 2. The fraction of sp³-hybridized carbons (Fsp3) is 0.375. The van der Waals surface area contributed by atoms with Crippen LogP contribution in [-0.2, 0) is 0 Å². The lowest BCUT2D eigenvalue weighted by Crippen LogP contribution is -2.11. The van der Waals surface area contributed by atoms with E-state index < -0.39 is 0 Å². The number of para-hydroxylation sites is 2. The SMILES string of the molecule is CC=C(C)[Si]COc1ccccc1OC[Si]C(C)=CC. The summed E-state index contributed by atoms with van der Waals surface area (Å²) in [7, 11) is 1.40. The third-order valence-electron chi connectivity index (χ3n) is 2.87. The van der Waals surface area contributed by atoms with Crippen molar-refractivity contribution < 1.29 is 9.47 Å². The lowest BCUT2D eigenvalue weighted by Gasteiger charge is -2.12. The van der Waals surface area contributed by atoms with Crippen LogP contribution in [0.1, 0.15) is 27.7 Å². The average Bonchev–Trinajstić information content (AvgIpc) is 2.48. The Hall–Kier alpha value is -1.27. The van der Waals surface area contributed by atoms with Crippen molar-refractivity contribution in [3.8, 4) is 11.5 Å². The second-order valence-electron chi connectivity index (χ2n) is 4.32. The van der Waals surface area contributed by atoms with Crippen LogP contribution in [0.5, 0.6) is 11.5 Å². The van der Waals surface area contributed by atoms with E-state index >= 15 is 0 Å². The van der Waals surface area contributed by atoms with Gasteiger partial charge in [0.15, 0.2) is 11.5 Å². The quantitative estimate of drug-likeness (QED) is 0.683. The van der Waals surface area contributed by atoms with E-state index in [1.165, 1.54) is 10.4 Å². The van der Waals surface area contributed by atoms with Crippen molar-refractivity contribution in [3.63, 3.8) is 0 Å². The van der Waals surface area contributed by atoms with Gasteiger partial charge in [-0.3, -0.25) is 0 Å². The van der Waals surface area contributed by atoms with Crippen molar-refractivity contribution >= 4 is 19.0 Å². The van der Waals surface area contributed by atoms with E-state index in [-0.39, 0.29) is 0 Å². The molecule has 0 aromatic heterocycles. The number of hydrogen-bond acceptors (Lipinski definition) is 2. The van der Waals surface area contributed by atoms with Crippen molar-refractivity contribution in [2.24, 2.45) is 0 Å². The third-order valence-corrected chi connectivity index (χ3v) is 5.14. The lowest BCUT2D eigenvalue weighted by atomic mass is 10.3. The van der Waals surface area contributed by atoms with Crippen molar-refractivity contribution in [3.05, 3.63) is 46.8 Å². The second-order valence-corrected chi connectivity index (χ2v) is 7.18. The molecule has 106 valence electrons. The summed E-state index contributed by atoms with van der Waals surface area (Å²) in [6, 6.07) is 7.90. The van der Waals surface area contributed by atoms with E-state index in [9.17, 15) is 0 Å². The number of benzene rings is 1. The van der Waals surface area contributed by atoms with Crippen LogP contribution >= 0.6 is 0 Å². The van der Waals surface area contributed by atoms with Crippen molar-refractivity contribution in [2.45, 2.75) is 27.7 Å². The van der Waals surface area contributed by atoms with E-state index in [1.807, 2.05) is 24.3 Å². The van der Waals surface area contributed by atoms with E-state index in [4.69, 9.17) is 9.47 Å².